The summed E-state index contributed by atoms with van der Waals surface area (Å²) < 4.78 is 0. The van der Waals surface area contributed by atoms with Crippen LogP contribution in [0.3, 0.4) is 0 Å². The lowest BCUT2D eigenvalue weighted by Gasteiger charge is -1.89. The van der Waals surface area contributed by atoms with Gasteiger partial charge in [0.2, 0.25) is 5.91 Å². The molecular formula is C4H7NO2. The minimum atomic E-state index is -0.359. The van der Waals surface area contributed by atoms with E-state index in [2.05, 4.69) is 11.9 Å². The molecule has 0 unspecified atom stereocenters. The second kappa shape index (κ2) is 3.36. The first kappa shape index (κ1) is 6.17. The van der Waals surface area contributed by atoms with E-state index >= 15 is 0 Å². The third kappa shape index (κ3) is 2.99. The molecule has 0 aromatic rings. The molecule has 0 rings (SSSR count). The zero-order chi connectivity index (χ0) is 5.70. The van der Waals surface area contributed by atoms with Crippen molar-refractivity contribution < 1.29 is 9.90 Å². The van der Waals surface area contributed by atoms with Crippen LogP contribution in [0.2, 0.25) is 0 Å². The molecule has 0 saturated carbocycles. The first-order valence-electron chi connectivity index (χ1n) is 1.82. The van der Waals surface area contributed by atoms with Gasteiger partial charge in [-0.15, -0.1) is 0 Å². The number of aliphatic hydroxyl groups excluding tert-OH is 1. The van der Waals surface area contributed by atoms with Crippen LogP contribution in [0.4, 0.5) is 0 Å². The molecule has 2 N–H and O–H groups in total. The van der Waals surface area contributed by atoms with E-state index in [1.54, 1.807) is 0 Å². The average molecular weight is 103 g/mol. The van der Waals surface area contributed by atoms with Crippen LogP contribution in [-0.4, -0.2) is 17.7 Å². The van der Waals surface area contributed by atoms with Crippen molar-refractivity contribution in [2.75, 3.05) is 6.73 Å². The molecule has 0 aliphatic rings. The summed E-state index contributed by atoms with van der Waals surface area (Å²) in [7, 11) is 0. The standard InChI is InChI=1S/C4H7NO2/c1-2-4(7)5-3-6/h2,6H,1,3H2,(H,5,7)/i3+1,5+1. The van der Waals surface area contributed by atoms with Gasteiger partial charge in [0.25, 0.3) is 0 Å². The van der Waals surface area contributed by atoms with E-state index in [0.29, 0.717) is 0 Å². The van der Waals surface area contributed by atoms with E-state index < -0.39 is 0 Å². The van der Waals surface area contributed by atoms with Crippen molar-refractivity contribution >= 4 is 5.91 Å². The molecule has 0 aromatic carbocycles. The monoisotopic (exact) mass is 103 g/mol. The Morgan fingerprint density at radius 2 is 2.57 bits per heavy atom. The zero-order valence-electron chi connectivity index (χ0n) is 3.85. The van der Waals surface area contributed by atoms with Crippen LogP contribution in [0.25, 0.3) is 0 Å². The van der Waals surface area contributed by atoms with E-state index in [-0.39, 0.29) is 12.6 Å². The molecule has 0 spiro atoms. The quantitative estimate of drug-likeness (QED) is 0.209. The molecule has 3 heteroatoms. The highest BCUT2D eigenvalue weighted by Gasteiger charge is 1.84. The predicted octanol–water partition coefficient (Wildman–Crippen LogP) is -0.762. The van der Waals surface area contributed by atoms with Gasteiger partial charge < -0.3 is 10.4 Å². The maximum Gasteiger partial charge on any atom is 0.245 e. The summed E-state index contributed by atoms with van der Waals surface area (Å²) in [5.74, 6) is -0.359. The molecular weight excluding hydrogens is 96.0 g/mol. The topological polar surface area (TPSA) is 49.3 Å². The number of hydrogen-bond acceptors (Lipinski definition) is 2. The Bertz CT molecular complexity index is 79.8. The van der Waals surface area contributed by atoms with E-state index in [0.717, 1.165) is 6.08 Å². The highest BCUT2D eigenvalue weighted by molar-refractivity contribution is 5.86. The van der Waals surface area contributed by atoms with E-state index in [1.165, 1.54) is 0 Å². The van der Waals surface area contributed by atoms with Crippen molar-refractivity contribution in [3.05, 3.63) is 12.7 Å². The Morgan fingerprint density at radius 3 is 2.71 bits per heavy atom. The smallest absolute Gasteiger partial charge is 0.245 e. The van der Waals surface area contributed by atoms with Crippen molar-refractivity contribution in [3.8, 4) is 0 Å². The van der Waals surface area contributed by atoms with Crippen molar-refractivity contribution in [2.45, 2.75) is 0 Å². The Kier molecular flexibility index (Phi) is 2.96. The number of aliphatic hydroxyl groups is 1. The van der Waals surface area contributed by atoms with Gasteiger partial charge in [-0.25, -0.2) is 0 Å². The lowest BCUT2D eigenvalue weighted by atomic mass is 10.7. The number of rotatable bonds is 2. The number of carbonyl (C=O) groups is 1. The fraction of sp³-hybridized carbons (Fsp3) is 0.250. The molecule has 0 bridgehead atoms. The third-order valence-corrected chi connectivity index (χ3v) is 0.439. The second-order valence-electron chi connectivity index (χ2n) is 0.903. The number of amides is 1. The lowest BCUT2D eigenvalue weighted by molar-refractivity contribution is -0.117. The SMILES string of the molecule is C=CC(=O)[15NH][13CH2]O. The molecule has 0 fully saturated rings. The van der Waals surface area contributed by atoms with E-state index in [4.69, 9.17) is 5.11 Å². The van der Waals surface area contributed by atoms with Gasteiger partial charge in [-0.05, 0) is 6.08 Å². The molecule has 0 radical (unpaired) electrons. The molecule has 1 amide bonds. The van der Waals surface area contributed by atoms with Gasteiger partial charge in [-0.1, -0.05) is 6.58 Å². The maximum atomic E-state index is 10.0. The molecule has 0 aliphatic carbocycles. The van der Waals surface area contributed by atoms with Crippen molar-refractivity contribution in [1.29, 1.82) is 0 Å². The van der Waals surface area contributed by atoms with Crippen LogP contribution >= 0.6 is 0 Å². The van der Waals surface area contributed by atoms with E-state index in [9.17, 15) is 4.79 Å². The van der Waals surface area contributed by atoms with Gasteiger partial charge in [0, 0.05) is 0 Å². The summed E-state index contributed by atoms with van der Waals surface area (Å²) >= 11 is 0. The Morgan fingerprint density at radius 1 is 2.00 bits per heavy atom. The zero-order valence-corrected chi connectivity index (χ0v) is 3.85. The van der Waals surface area contributed by atoms with Crippen LogP contribution in [0.1, 0.15) is 0 Å². The first-order chi connectivity index (χ1) is 3.31. The minimum Gasteiger partial charge on any atom is -0.376 e. The highest BCUT2D eigenvalue weighted by atomic mass is 16.4. The fourth-order valence-corrected chi connectivity index (χ4v) is 0.150. The molecule has 0 saturated heterocycles. The molecule has 0 aromatic heterocycles. The first-order valence-corrected chi connectivity index (χ1v) is 1.82. The molecule has 0 aliphatic heterocycles. The summed E-state index contributed by atoms with van der Waals surface area (Å²) in [4.78, 5) is 10.0. The normalized spacial score (nSPS) is 7.57. The second-order valence-corrected chi connectivity index (χ2v) is 0.903. The minimum absolute atomic E-state index is 0.329. The summed E-state index contributed by atoms with van der Waals surface area (Å²) in [6, 6.07) is 0. The molecule has 7 heavy (non-hydrogen) atoms. The fourth-order valence-electron chi connectivity index (χ4n) is 0.150. The van der Waals surface area contributed by atoms with Gasteiger partial charge in [0.1, 0.15) is 6.73 Å². The summed E-state index contributed by atoms with van der Waals surface area (Å²) in [5, 5.41) is 10.1. The summed E-state index contributed by atoms with van der Waals surface area (Å²) in [5.41, 5.74) is 0. The van der Waals surface area contributed by atoms with Crippen LogP contribution < -0.4 is 5.32 Å². The van der Waals surface area contributed by atoms with E-state index in [1.807, 2.05) is 0 Å². The Labute approximate surface area is 41.7 Å². The van der Waals surface area contributed by atoms with Gasteiger partial charge in [0.15, 0.2) is 0 Å². The molecule has 3 nitrogen and oxygen atoms in total. The Hall–Kier alpha value is -0.830. The van der Waals surface area contributed by atoms with Crippen molar-refractivity contribution in [3.63, 3.8) is 0 Å². The highest BCUT2D eigenvalue weighted by Crippen LogP contribution is 1.59. The maximum absolute atomic E-state index is 10.0. The van der Waals surface area contributed by atoms with Gasteiger partial charge >= 0.3 is 0 Å². The molecule has 40 valence electrons. The molecule has 0 heterocycles. The molecule has 0 atom stereocenters. The largest absolute Gasteiger partial charge is 0.376 e. The third-order valence-electron chi connectivity index (χ3n) is 0.439. The Balaban J connectivity index is 3.17. The lowest BCUT2D eigenvalue weighted by Crippen LogP contribution is -2.20. The van der Waals surface area contributed by atoms with Crippen LogP contribution in [-0.2, 0) is 4.79 Å². The van der Waals surface area contributed by atoms with Crippen LogP contribution in [0, 0.1) is 0 Å². The van der Waals surface area contributed by atoms with Crippen molar-refractivity contribution in [2.24, 2.45) is 0 Å². The van der Waals surface area contributed by atoms with Gasteiger partial charge in [-0.2, -0.15) is 0 Å². The summed E-state index contributed by atoms with van der Waals surface area (Å²) in [6.45, 7) is 2.83. The number of hydrogen-bond donors (Lipinski definition) is 2. The number of nitrogens with one attached hydrogen (secondary N) is 1. The number of carbonyl (C=O) groups excluding carboxylic acids is 1. The summed E-state index contributed by atoms with van der Waals surface area (Å²) in [6.07, 6.45) is 1.09. The van der Waals surface area contributed by atoms with Gasteiger partial charge in [0.05, 0.1) is 0 Å². The van der Waals surface area contributed by atoms with Crippen molar-refractivity contribution in [1.82, 2.24) is 5.32 Å². The van der Waals surface area contributed by atoms with Crippen LogP contribution in [0.15, 0.2) is 12.7 Å². The van der Waals surface area contributed by atoms with Crippen LogP contribution in [0.5, 0.6) is 0 Å². The predicted molar refractivity (Wildman–Crippen MR) is 25.4 cm³/mol. The average Bonchev–Trinajstić information content (AvgIpc) is 1.68. The van der Waals surface area contributed by atoms with Gasteiger partial charge in [-0.3, -0.25) is 4.79 Å².